The van der Waals surface area contributed by atoms with Gasteiger partial charge >= 0.3 is 0 Å². The van der Waals surface area contributed by atoms with Gasteiger partial charge in [-0.2, -0.15) is 17.0 Å². The zero-order valence-electron chi connectivity index (χ0n) is 18.3. The molecule has 3 atom stereocenters. The summed E-state index contributed by atoms with van der Waals surface area (Å²) in [6.07, 6.45) is 9.30. The number of carbonyl (C=O) groups is 1. The molecule has 3 fully saturated rings. The summed E-state index contributed by atoms with van der Waals surface area (Å²) in [6, 6.07) is 1.25. The van der Waals surface area contributed by atoms with E-state index >= 15 is 0 Å². The van der Waals surface area contributed by atoms with Crippen molar-refractivity contribution >= 4 is 16.1 Å². The molecule has 0 aromatic heterocycles. The van der Waals surface area contributed by atoms with Crippen molar-refractivity contribution < 1.29 is 13.2 Å². The second kappa shape index (κ2) is 10.6. The van der Waals surface area contributed by atoms with Crippen molar-refractivity contribution in [2.24, 2.45) is 5.92 Å². The molecule has 3 aliphatic heterocycles. The first-order valence-corrected chi connectivity index (χ1v) is 13.1. The summed E-state index contributed by atoms with van der Waals surface area (Å²) in [7, 11) is -3.42. The van der Waals surface area contributed by atoms with Crippen molar-refractivity contribution in [3.63, 3.8) is 0 Å². The molecule has 7 nitrogen and oxygen atoms in total. The van der Waals surface area contributed by atoms with Crippen molar-refractivity contribution in [1.82, 2.24) is 18.8 Å². The van der Waals surface area contributed by atoms with Crippen LogP contribution in [-0.4, -0.2) is 79.2 Å². The lowest BCUT2D eigenvalue weighted by atomic mass is 9.97. The molecule has 3 aliphatic rings. The first-order chi connectivity index (χ1) is 13.9. The molecule has 0 radical (unpaired) electrons. The smallest absolute Gasteiger partial charge is 0.281 e. The Balaban J connectivity index is 1.43. The Labute approximate surface area is 177 Å². The van der Waals surface area contributed by atoms with Crippen LogP contribution < -0.4 is 5.32 Å². The average molecular weight is 429 g/mol. The SMILES string of the molecule is CC1CCCC(C)N1CCCNC(=O)C1CCCN(S(=O)(=O)N2CCCCC2)C1. The summed E-state index contributed by atoms with van der Waals surface area (Å²) in [5.74, 6) is -0.209. The van der Waals surface area contributed by atoms with E-state index in [-0.39, 0.29) is 11.8 Å². The highest BCUT2D eigenvalue weighted by molar-refractivity contribution is 7.86. The van der Waals surface area contributed by atoms with Gasteiger partial charge < -0.3 is 5.32 Å². The lowest BCUT2D eigenvalue weighted by Crippen LogP contribution is -2.51. The van der Waals surface area contributed by atoms with E-state index in [1.54, 1.807) is 8.61 Å². The standard InChI is InChI=1S/C21H40N4O3S/c1-18-9-6-10-19(2)25(18)16-8-12-22-21(26)20-11-7-15-24(17-20)29(27,28)23-13-4-3-5-14-23/h18-20H,3-17H2,1-2H3,(H,22,26). The monoisotopic (exact) mass is 428 g/mol. The van der Waals surface area contributed by atoms with Gasteiger partial charge in [0.1, 0.15) is 0 Å². The molecule has 1 amide bonds. The Morgan fingerprint density at radius 2 is 1.55 bits per heavy atom. The number of hydrogen-bond donors (Lipinski definition) is 1. The molecule has 29 heavy (non-hydrogen) atoms. The van der Waals surface area contributed by atoms with Gasteiger partial charge in [-0.3, -0.25) is 9.69 Å². The van der Waals surface area contributed by atoms with E-state index < -0.39 is 10.2 Å². The van der Waals surface area contributed by atoms with Crippen LogP contribution >= 0.6 is 0 Å². The van der Waals surface area contributed by atoms with E-state index in [9.17, 15) is 13.2 Å². The summed E-state index contributed by atoms with van der Waals surface area (Å²) in [5, 5.41) is 3.07. The minimum absolute atomic E-state index is 0.0169. The van der Waals surface area contributed by atoms with Crippen LogP contribution in [0.25, 0.3) is 0 Å². The van der Waals surface area contributed by atoms with Crippen molar-refractivity contribution in [3.8, 4) is 0 Å². The van der Waals surface area contributed by atoms with E-state index in [1.165, 1.54) is 19.3 Å². The number of likely N-dealkylation sites (tertiary alicyclic amines) is 1. The summed E-state index contributed by atoms with van der Waals surface area (Å²) >= 11 is 0. The van der Waals surface area contributed by atoms with Crippen molar-refractivity contribution in [2.45, 2.75) is 83.7 Å². The topological polar surface area (TPSA) is 73.0 Å². The predicted molar refractivity (Wildman–Crippen MR) is 116 cm³/mol. The number of rotatable bonds is 7. The number of piperidine rings is 3. The van der Waals surface area contributed by atoms with Crippen LogP contribution in [0.5, 0.6) is 0 Å². The predicted octanol–water partition coefficient (Wildman–Crippen LogP) is 2.20. The molecule has 1 N–H and O–H groups in total. The van der Waals surface area contributed by atoms with E-state index in [4.69, 9.17) is 0 Å². The van der Waals surface area contributed by atoms with Crippen LogP contribution in [0.1, 0.15) is 71.6 Å². The molecule has 0 aliphatic carbocycles. The maximum atomic E-state index is 12.9. The number of carbonyl (C=O) groups excluding carboxylic acids is 1. The van der Waals surface area contributed by atoms with E-state index in [0.717, 1.165) is 45.1 Å². The Morgan fingerprint density at radius 1 is 0.897 bits per heavy atom. The second-order valence-electron chi connectivity index (χ2n) is 9.18. The minimum atomic E-state index is -3.42. The molecule has 8 heteroatoms. The fourth-order valence-corrected chi connectivity index (χ4v) is 6.93. The summed E-state index contributed by atoms with van der Waals surface area (Å²) in [6.45, 7) is 8.37. The van der Waals surface area contributed by atoms with Crippen LogP contribution in [0.3, 0.4) is 0 Å². The number of amides is 1. The lowest BCUT2D eigenvalue weighted by molar-refractivity contribution is -0.126. The third-order valence-electron chi connectivity index (χ3n) is 6.99. The van der Waals surface area contributed by atoms with Crippen molar-refractivity contribution in [2.75, 3.05) is 39.3 Å². The lowest BCUT2D eigenvalue weighted by Gasteiger charge is -2.39. The van der Waals surface area contributed by atoms with Crippen LogP contribution in [0, 0.1) is 5.92 Å². The van der Waals surface area contributed by atoms with Gasteiger partial charge in [-0.15, -0.1) is 0 Å². The van der Waals surface area contributed by atoms with E-state index in [2.05, 4.69) is 24.1 Å². The third-order valence-corrected chi connectivity index (χ3v) is 8.99. The van der Waals surface area contributed by atoms with Gasteiger partial charge in [0.15, 0.2) is 0 Å². The van der Waals surface area contributed by atoms with Crippen molar-refractivity contribution in [1.29, 1.82) is 0 Å². The second-order valence-corrected chi connectivity index (χ2v) is 11.1. The highest BCUT2D eigenvalue weighted by Crippen LogP contribution is 2.24. The molecule has 0 spiro atoms. The highest BCUT2D eigenvalue weighted by atomic mass is 32.2. The maximum Gasteiger partial charge on any atom is 0.281 e. The van der Waals surface area contributed by atoms with Crippen molar-refractivity contribution in [3.05, 3.63) is 0 Å². The summed E-state index contributed by atoms with van der Waals surface area (Å²) in [4.78, 5) is 15.2. The third kappa shape index (κ3) is 5.93. The Bertz CT molecular complexity index is 626. The average Bonchev–Trinajstić information content (AvgIpc) is 2.73. The molecule has 3 saturated heterocycles. The molecule has 0 saturated carbocycles. The van der Waals surface area contributed by atoms with Gasteiger partial charge in [-0.05, 0) is 58.8 Å². The van der Waals surface area contributed by atoms with Gasteiger partial charge in [0, 0.05) is 51.4 Å². The number of hydrogen-bond acceptors (Lipinski definition) is 4. The largest absolute Gasteiger partial charge is 0.356 e. The van der Waals surface area contributed by atoms with Gasteiger partial charge in [-0.25, -0.2) is 0 Å². The molecule has 3 rings (SSSR count). The van der Waals surface area contributed by atoms with Gasteiger partial charge in [0.05, 0.1) is 5.92 Å². The number of nitrogens with zero attached hydrogens (tertiary/aromatic N) is 3. The zero-order chi connectivity index (χ0) is 20.9. The van der Waals surface area contributed by atoms with E-state index in [0.29, 0.717) is 44.8 Å². The summed E-state index contributed by atoms with van der Waals surface area (Å²) in [5.41, 5.74) is 0. The normalized spacial score (nSPS) is 30.9. The van der Waals surface area contributed by atoms with Gasteiger partial charge in [-0.1, -0.05) is 12.8 Å². The Kier molecular flexibility index (Phi) is 8.36. The Hall–Kier alpha value is -0.700. The van der Waals surface area contributed by atoms with Crippen LogP contribution in [0.4, 0.5) is 0 Å². The zero-order valence-corrected chi connectivity index (χ0v) is 19.1. The summed E-state index contributed by atoms with van der Waals surface area (Å²) < 4.78 is 29.0. The van der Waals surface area contributed by atoms with Gasteiger partial charge in [0.2, 0.25) is 5.91 Å². The molecular weight excluding hydrogens is 388 g/mol. The molecular formula is C21H40N4O3S. The van der Waals surface area contributed by atoms with Gasteiger partial charge in [0.25, 0.3) is 10.2 Å². The molecule has 3 unspecified atom stereocenters. The molecule has 3 heterocycles. The van der Waals surface area contributed by atoms with Crippen LogP contribution in [0.15, 0.2) is 0 Å². The van der Waals surface area contributed by atoms with Crippen LogP contribution in [0.2, 0.25) is 0 Å². The molecule has 168 valence electrons. The maximum absolute atomic E-state index is 12.9. The molecule has 0 aromatic carbocycles. The quantitative estimate of drug-likeness (QED) is 0.631. The fraction of sp³-hybridized carbons (Fsp3) is 0.952. The highest BCUT2D eigenvalue weighted by Gasteiger charge is 2.36. The van der Waals surface area contributed by atoms with E-state index in [1.807, 2.05) is 0 Å². The molecule has 0 bridgehead atoms. The number of nitrogens with one attached hydrogen (secondary N) is 1. The Morgan fingerprint density at radius 3 is 2.24 bits per heavy atom. The molecule has 0 aromatic rings. The van der Waals surface area contributed by atoms with Crippen LogP contribution in [-0.2, 0) is 15.0 Å². The first kappa shape index (κ1) is 23.0. The fourth-order valence-electron chi connectivity index (χ4n) is 5.16. The minimum Gasteiger partial charge on any atom is -0.356 e. The first-order valence-electron chi connectivity index (χ1n) is 11.7.